The molecule has 1 heterocycles. The second-order valence-corrected chi connectivity index (χ2v) is 7.79. The number of halogens is 1. The van der Waals surface area contributed by atoms with Crippen molar-refractivity contribution in [3.8, 4) is 0 Å². The smallest absolute Gasteiger partial charge is 0.267 e. The summed E-state index contributed by atoms with van der Waals surface area (Å²) in [5, 5.41) is 11.2. The normalized spacial score (nSPS) is 14.5. The van der Waals surface area contributed by atoms with Crippen molar-refractivity contribution in [2.24, 2.45) is 5.10 Å². The van der Waals surface area contributed by atoms with Crippen LogP contribution < -0.4 is 10.6 Å². The maximum atomic E-state index is 13.1. The van der Waals surface area contributed by atoms with E-state index in [9.17, 15) is 18.8 Å². The van der Waals surface area contributed by atoms with E-state index in [4.69, 9.17) is 0 Å². The van der Waals surface area contributed by atoms with Crippen LogP contribution in [0.5, 0.6) is 0 Å². The lowest BCUT2D eigenvalue weighted by Gasteiger charge is -2.23. The molecule has 2 N–H and O–H groups in total. The van der Waals surface area contributed by atoms with Crippen LogP contribution in [0.15, 0.2) is 53.6 Å². The van der Waals surface area contributed by atoms with E-state index in [1.54, 1.807) is 30.3 Å². The van der Waals surface area contributed by atoms with E-state index in [1.165, 1.54) is 17.1 Å². The van der Waals surface area contributed by atoms with E-state index < -0.39 is 0 Å². The molecule has 0 aromatic heterocycles. The molecule has 2 aromatic rings. The Morgan fingerprint density at radius 2 is 1.84 bits per heavy atom. The lowest BCUT2D eigenvalue weighted by atomic mass is 10.1. The molecule has 32 heavy (non-hydrogen) atoms. The molecule has 0 spiro atoms. The van der Waals surface area contributed by atoms with Gasteiger partial charge in [-0.3, -0.25) is 14.4 Å². The topological polar surface area (TPSA) is 90.9 Å². The summed E-state index contributed by atoms with van der Waals surface area (Å²) in [6.45, 7) is 4.34. The molecule has 1 aliphatic rings. The van der Waals surface area contributed by atoms with Crippen molar-refractivity contribution in [2.45, 2.75) is 52.2 Å². The second kappa shape index (κ2) is 10.7. The summed E-state index contributed by atoms with van der Waals surface area (Å²) in [5.74, 6) is -1.06. The van der Waals surface area contributed by atoms with Crippen LogP contribution in [0, 0.1) is 5.82 Å². The van der Waals surface area contributed by atoms with Gasteiger partial charge in [0.1, 0.15) is 11.5 Å². The van der Waals surface area contributed by atoms with Gasteiger partial charge >= 0.3 is 0 Å². The first-order valence-corrected chi connectivity index (χ1v) is 10.7. The maximum absolute atomic E-state index is 13.1. The van der Waals surface area contributed by atoms with E-state index in [1.807, 2.05) is 19.9 Å². The summed E-state index contributed by atoms with van der Waals surface area (Å²) < 4.78 is 13.1. The Kier molecular flexibility index (Phi) is 7.70. The highest BCUT2D eigenvalue weighted by atomic mass is 19.1. The SMILES string of the molecule is CCC(C)NC(=O)c1cccc(CNC(=O)C2=NN(Cc3ccc(F)cc3)C(=O)CC2)c1. The van der Waals surface area contributed by atoms with Gasteiger partial charge in [0, 0.05) is 31.0 Å². The lowest BCUT2D eigenvalue weighted by Crippen LogP contribution is -2.38. The van der Waals surface area contributed by atoms with Gasteiger partial charge in [0.15, 0.2) is 0 Å². The quantitative estimate of drug-likeness (QED) is 0.663. The molecule has 8 heteroatoms. The van der Waals surface area contributed by atoms with Gasteiger partial charge in [-0.05, 0) is 48.7 Å². The number of carbonyl (C=O) groups is 3. The molecule has 0 fully saturated rings. The van der Waals surface area contributed by atoms with Gasteiger partial charge in [0.05, 0.1) is 6.54 Å². The first-order valence-electron chi connectivity index (χ1n) is 10.7. The molecular weight excluding hydrogens is 411 g/mol. The van der Waals surface area contributed by atoms with Gasteiger partial charge < -0.3 is 10.6 Å². The number of benzene rings is 2. The molecule has 2 aromatic carbocycles. The fraction of sp³-hybridized carbons (Fsp3) is 0.333. The van der Waals surface area contributed by atoms with E-state index >= 15 is 0 Å². The third kappa shape index (κ3) is 6.23. The Morgan fingerprint density at radius 3 is 2.56 bits per heavy atom. The predicted molar refractivity (Wildman–Crippen MR) is 119 cm³/mol. The Balaban J connectivity index is 1.61. The van der Waals surface area contributed by atoms with Crippen molar-refractivity contribution in [3.63, 3.8) is 0 Å². The van der Waals surface area contributed by atoms with Crippen LogP contribution in [0.4, 0.5) is 4.39 Å². The Hall–Kier alpha value is -3.55. The Bertz CT molecular complexity index is 1020. The number of rotatable bonds is 8. The van der Waals surface area contributed by atoms with Gasteiger partial charge in [-0.25, -0.2) is 9.40 Å². The summed E-state index contributed by atoms with van der Waals surface area (Å²) >= 11 is 0. The summed E-state index contributed by atoms with van der Waals surface area (Å²) in [5.41, 5.74) is 2.30. The third-order valence-corrected chi connectivity index (χ3v) is 5.24. The van der Waals surface area contributed by atoms with E-state index in [2.05, 4.69) is 15.7 Å². The van der Waals surface area contributed by atoms with E-state index in [-0.39, 0.29) is 61.2 Å². The zero-order valence-electron chi connectivity index (χ0n) is 18.2. The van der Waals surface area contributed by atoms with Crippen molar-refractivity contribution in [2.75, 3.05) is 0 Å². The average Bonchev–Trinajstić information content (AvgIpc) is 2.80. The number of nitrogens with zero attached hydrogens (tertiary/aromatic N) is 2. The number of hydrazone groups is 1. The third-order valence-electron chi connectivity index (χ3n) is 5.24. The molecule has 0 aliphatic carbocycles. The molecule has 1 aliphatic heterocycles. The van der Waals surface area contributed by atoms with E-state index in [0.29, 0.717) is 5.56 Å². The van der Waals surface area contributed by atoms with Crippen LogP contribution >= 0.6 is 0 Å². The van der Waals surface area contributed by atoms with Gasteiger partial charge in [-0.1, -0.05) is 31.2 Å². The van der Waals surface area contributed by atoms with Crippen LogP contribution in [-0.2, 0) is 22.7 Å². The minimum Gasteiger partial charge on any atom is -0.350 e. The van der Waals surface area contributed by atoms with Crippen molar-refractivity contribution in [1.82, 2.24) is 15.6 Å². The summed E-state index contributed by atoms with van der Waals surface area (Å²) in [6, 6.07) is 12.9. The highest BCUT2D eigenvalue weighted by Crippen LogP contribution is 2.14. The van der Waals surface area contributed by atoms with Crippen LogP contribution in [0.25, 0.3) is 0 Å². The zero-order chi connectivity index (χ0) is 23.1. The van der Waals surface area contributed by atoms with Gasteiger partial charge in [-0.2, -0.15) is 5.10 Å². The summed E-state index contributed by atoms with van der Waals surface area (Å²) in [6.07, 6.45) is 1.27. The number of nitrogens with one attached hydrogen (secondary N) is 2. The monoisotopic (exact) mass is 438 g/mol. The van der Waals surface area contributed by atoms with Crippen molar-refractivity contribution in [1.29, 1.82) is 0 Å². The number of amides is 3. The fourth-order valence-electron chi connectivity index (χ4n) is 3.17. The fourth-order valence-corrected chi connectivity index (χ4v) is 3.17. The first-order chi connectivity index (χ1) is 15.4. The highest BCUT2D eigenvalue weighted by Gasteiger charge is 2.24. The van der Waals surface area contributed by atoms with Crippen molar-refractivity contribution < 1.29 is 18.8 Å². The first kappa shape index (κ1) is 23.1. The Morgan fingerprint density at radius 1 is 1.09 bits per heavy atom. The molecule has 0 saturated carbocycles. The molecule has 0 radical (unpaired) electrons. The number of hydrogen-bond donors (Lipinski definition) is 2. The molecule has 0 bridgehead atoms. The minimum absolute atomic E-state index is 0.0794. The summed E-state index contributed by atoms with van der Waals surface area (Å²) in [7, 11) is 0. The van der Waals surface area contributed by atoms with Crippen LogP contribution in [0.3, 0.4) is 0 Å². The summed E-state index contributed by atoms with van der Waals surface area (Å²) in [4.78, 5) is 37.1. The molecule has 168 valence electrons. The van der Waals surface area contributed by atoms with Crippen molar-refractivity contribution in [3.05, 3.63) is 71.0 Å². The van der Waals surface area contributed by atoms with Gasteiger partial charge in [0.25, 0.3) is 11.8 Å². The molecule has 0 saturated heterocycles. The molecule has 7 nitrogen and oxygen atoms in total. The molecule has 3 amide bonds. The molecule has 1 atom stereocenters. The standard InChI is InChI=1S/C24H27FN4O3/c1-3-16(2)27-23(31)19-6-4-5-18(13-19)14-26-24(32)21-11-12-22(30)29(28-21)15-17-7-9-20(25)10-8-17/h4-10,13,16H,3,11-12,14-15H2,1-2H3,(H,26,32)(H,27,31). The number of carbonyl (C=O) groups excluding carboxylic acids is 3. The van der Waals surface area contributed by atoms with Crippen LogP contribution in [0.1, 0.15) is 54.6 Å². The Labute approximate surface area is 186 Å². The van der Waals surface area contributed by atoms with Crippen LogP contribution in [0.2, 0.25) is 0 Å². The molecule has 3 rings (SSSR count). The molecular formula is C24H27FN4O3. The van der Waals surface area contributed by atoms with Crippen LogP contribution in [-0.4, -0.2) is 34.5 Å². The minimum atomic E-state index is -0.365. The molecule has 1 unspecified atom stereocenters. The maximum Gasteiger partial charge on any atom is 0.267 e. The predicted octanol–water partition coefficient (Wildman–Crippen LogP) is 3.15. The van der Waals surface area contributed by atoms with Gasteiger partial charge in [0.2, 0.25) is 5.91 Å². The van der Waals surface area contributed by atoms with E-state index in [0.717, 1.165) is 17.5 Å². The second-order valence-electron chi connectivity index (χ2n) is 7.79. The average molecular weight is 439 g/mol. The van der Waals surface area contributed by atoms with Crippen molar-refractivity contribution >= 4 is 23.4 Å². The van der Waals surface area contributed by atoms with Gasteiger partial charge in [-0.15, -0.1) is 0 Å². The highest BCUT2D eigenvalue weighted by molar-refractivity contribution is 6.39. The lowest BCUT2D eigenvalue weighted by molar-refractivity contribution is -0.132. The number of hydrogen-bond acceptors (Lipinski definition) is 4. The largest absolute Gasteiger partial charge is 0.350 e. The zero-order valence-corrected chi connectivity index (χ0v) is 18.2.